The molecule has 1 atom stereocenters. The molecule has 0 saturated carbocycles. The lowest BCUT2D eigenvalue weighted by Gasteiger charge is -2.29. The maximum Gasteiger partial charge on any atom is 0.490 e. The molecule has 0 fully saturated rings. The first kappa shape index (κ1) is 28.6. The number of nitrogens with zero attached hydrogens (tertiary/aromatic N) is 3. The average Bonchev–Trinajstić information content (AvgIpc) is 2.93. The van der Waals surface area contributed by atoms with Gasteiger partial charge in [0.25, 0.3) is 5.91 Å². The lowest BCUT2D eigenvalue weighted by molar-refractivity contribution is -0.202. The van der Waals surface area contributed by atoms with Crippen molar-refractivity contribution < 1.29 is 55.2 Å². The lowest BCUT2D eigenvalue weighted by Crippen LogP contribution is -2.38. The van der Waals surface area contributed by atoms with Crippen molar-refractivity contribution in [2.75, 3.05) is 31.3 Å². The Balaban J connectivity index is 1.49. The first-order valence-electron chi connectivity index (χ1n) is 11.5. The zero-order chi connectivity index (χ0) is 29.1. The molecule has 0 spiro atoms. The summed E-state index contributed by atoms with van der Waals surface area (Å²) in [7, 11) is 0. The Morgan fingerprint density at radius 1 is 1.05 bits per heavy atom. The highest BCUT2D eigenvalue weighted by Gasteiger charge is 2.41. The Bertz CT molecular complexity index is 1400. The molecule has 9 nitrogen and oxygen atoms in total. The smallest absolute Gasteiger partial charge is 0.488 e. The Labute approximate surface area is 221 Å². The molecule has 0 bridgehead atoms. The summed E-state index contributed by atoms with van der Waals surface area (Å²) in [5, 5.41) is 9.74. The number of carbonyl (C=O) groups is 2. The van der Waals surface area contributed by atoms with Gasteiger partial charge in [0.2, 0.25) is 5.88 Å². The van der Waals surface area contributed by atoms with Crippen LogP contribution >= 0.6 is 0 Å². The molecule has 3 heterocycles. The second kappa shape index (κ2) is 11.4. The van der Waals surface area contributed by atoms with Gasteiger partial charge in [0.1, 0.15) is 25.9 Å². The van der Waals surface area contributed by atoms with E-state index in [4.69, 9.17) is 9.47 Å². The van der Waals surface area contributed by atoms with Gasteiger partial charge in [0.15, 0.2) is 11.6 Å². The van der Waals surface area contributed by atoms with Crippen LogP contribution < -0.4 is 14.4 Å². The molecule has 0 saturated heterocycles. The number of alkyl halides is 6. The first-order valence-corrected chi connectivity index (χ1v) is 11.5. The quantitative estimate of drug-likeness (QED) is 0.334. The van der Waals surface area contributed by atoms with E-state index in [9.17, 15) is 41.0 Å². The number of esters is 1. The van der Waals surface area contributed by atoms with Crippen LogP contribution in [0, 0.1) is 0 Å². The number of aliphatic hydroxyl groups is 1. The number of fused-ring (bicyclic) bond motifs is 1. The molecule has 1 amide bonds. The lowest BCUT2D eigenvalue weighted by atomic mass is 10.1. The van der Waals surface area contributed by atoms with Gasteiger partial charge in [-0.05, 0) is 30.3 Å². The molecule has 1 aromatic carbocycles. The van der Waals surface area contributed by atoms with E-state index in [1.54, 1.807) is 0 Å². The molecular formula is C25H19F6N3O6. The minimum atomic E-state index is -5.21. The first-order chi connectivity index (χ1) is 18.8. The average molecular weight is 571 g/mol. The second-order valence-electron chi connectivity index (χ2n) is 8.35. The van der Waals surface area contributed by atoms with Gasteiger partial charge in [0, 0.05) is 23.4 Å². The summed E-state index contributed by atoms with van der Waals surface area (Å²) < 4.78 is 90.8. The minimum absolute atomic E-state index is 0.0575. The van der Waals surface area contributed by atoms with Crippen LogP contribution in [0.2, 0.25) is 0 Å². The van der Waals surface area contributed by atoms with Gasteiger partial charge in [-0.2, -0.15) is 26.3 Å². The van der Waals surface area contributed by atoms with Crippen LogP contribution in [0.25, 0.3) is 11.3 Å². The number of aromatic nitrogens is 2. The van der Waals surface area contributed by atoms with Crippen molar-refractivity contribution in [2.45, 2.75) is 18.5 Å². The topological polar surface area (TPSA) is 111 Å². The number of hydrogen-bond acceptors (Lipinski definition) is 8. The third-order valence-corrected chi connectivity index (χ3v) is 5.44. The predicted molar refractivity (Wildman–Crippen MR) is 125 cm³/mol. The van der Waals surface area contributed by atoms with Gasteiger partial charge in [-0.15, -0.1) is 0 Å². The SMILES string of the molecule is O=C(c1ccnc(OCC(O)COC(=O)C(F)(F)F)c1)N1CCOc2ccc(-c3cccc(C(F)(F)F)c3)nc21. The molecule has 2 aromatic heterocycles. The van der Waals surface area contributed by atoms with Crippen LogP contribution in [0.1, 0.15) is 15.9 Å². The zero-order valence-electron chi connectivity index (χ0n) is 20.2. The maximum atomic E-state index is 13.3. The van der Waals surface area contributed by atoms with Gasteiger partial charge in [-0.25, -0.2) is 14.8 Å². The number of rotatable bonds is 7. The number of hydrogen-bond donors (Lipinski definition) is 1. The molecule has 3 aromatic rings. The summed E-state index contributed by atoms with van der Waals surface area (Å²) in [6.07, 6.45) is -10.2. The molecule has 15 heteroatoms. The van der Waals surface area contributed by atoms with Crippen LogP contribution in [0.15, 0.2) is 54.7 Å². The van der Waals surface area contributed by atoms with Gasteiger partial charge in [-0.1, -0.05) is 12.1 Å². The highest BCUT2D eigenvalue weighted by molar-refractivity contribution is 6.06. The maximum absolute atomic E-state index is 13.3. The number of benzene rings is 1. The highest BCUT2D eigenvalue weighted by Crippen LogP contribution is 2.36. The van der Waals surface area contributed by atoms with E-state index in [1.807, 2.05) is 0 Å². The van der Waals surface area contributed by atoms with E-state index in [1.165, 1.54) is 47.5 Å². The van der Waals surface area contributed by atoms with Crippen molar-refractivity contribution in [3.05, 3.63) is 65.9 Å². The Hall–Kier alpha value is -4.40. The zero-order valence-corrected chi connectivity index (χ0v) is 20.2. The second-order valence-corrected chi connectivity index (χ2v) is 8.35. The third-order valence-electron chi connectivity index (χ3n) is 5.44. The molecule has 1 unspecified atom stereocenters. The van der Waals surface area contributed by atoms with Crippen LogP contribution in [-0.4, -0.2) is 65.6 Å². The fraction of sp³-hybridized carbons (Fsp3) is 0.280. The fourth-order valence-corrected chi connectivity index (χ4v) is 3.57. The van der Waals surface area contributed by atoms with Gasteiger partial charge in [-0.3, -0.25) is 9.69 Å². The van der Waals surface area contributed by atoms with Gasteiger partial charge in [0.05, 0.1) is 17.8 Å². The van der Waals surface area contributed by atoms with E-state index < -0.39 is 49.1 Å². The highest BCUT2D eigenvalue weighted by atomic mass is 19.4. The molecule has 40 heavy (non-hydrogen) atoms. The van der Waals surface area contributed by atoms with E-state index in [2.05, 4.69) is 14.7 Å². The number of carbonyl (C=O) groups excluding carboxylic acids is 2. The van der Waals surface area contributed by atoms with Crippen molar-refractivity contribution in [2.24, 2.45) is 0 Å². The number of aliphatic hydroxyl groups excluding tert-OH is 1. The third kappa shape index (κ3) is 6.77. The molecule has 1 aliphatic rings. The number of halogens is 6. The summed E-state index contributed by atoms with van der Waals surface area (Å²) >= 11 is 0. The monoisotopic (exact) mass is 571 g/mol. The number of pyridine rings is 2. The van der Waals surface area contributed by atoms with Crippen molar-refractivity contribution in [1.82, 2.24) is 9.97 Å². The van der Waals surface area contributed by atoms with Gasteiger partial charge < -0.3 is 19.3 Å². The molecule has 0 radical (unpaired) electrons. The molecule has 1 aliphatic heterocycles. The number of ether oxygens (including phenoxy) is 3. The summed E-state index contributed by atoms with van der Waals surface area (Å²) in [4.78, 5) is 33.6. The molecule has 4 rings (SSSR count). The van der Waals surface area contributed by atoms with Crippen molar-refractivity contribution in [3.63, 3.8) is 0 Å². The Kier molecular flexibility index (Phi) is 8.13. The normalized spacial score (nSPS) is 14.1. The summed E-state index contributed by atoms with van der Waals surface area (Å²) in [5.74, 6) is -2.89. The molecular weight excluding hydrogens is 552 g/mol. The Morgan fingerprint density at radius 3 is 2.55 bits per heavy atom. The van der Waals surface area contributed by atoms with E-state index >= 15 is 0 Å². The van der Waals surface area contributed by atoms with Crippen molar-refractivity contribution in [1.29, 1.82) is 0 Å². The Morgan fingerprint density at radius 2 is 1.82 bits per heavy atom. The van der Waals surface area contributed by atoms with Crippen LogP contribution in [0.4, 0.5) is 32.2 Å². The molecule has 0 aliphatic carbocycles. The fourth-order valence-electron chi connectivity index (χ4n) is 3.57. The minimum Gasteiger partial charge on any atom is -0.488 e. The van der Waals surface area contributed by atoms with Crippen LogP contribution in [0.5, 0.6) is 11.6 Å². The largest absolute Gasteiger partial charge is 0.490 e. The van der Waals surface area contributed by atoms with E-state index in [-0.39, 0.29) is 47.4 Å². The van der Waals surface area contributed by atoms with Gasteiger partial charge >= 0.3 is 18.3 Å². The molecule has 212 valence electrons. The van der Waals surface area contributed by atoms with Crippen LogP contribution in [0.3, 0.4) is 0 Å². The van der Waals surface area contributed by atoms with E-state index in [0.29, 0.717) is 0 Å². The number of amides is 1. The van der Waals surface area contributed by atoms with E-state index in [0.717, 1.165) is 12.1 Å². The van der Waals surface area contributed by atoms with Crippen molar-refractivity contribution in [3.8, 4) is 22.9 Å². The van der Waals surface area contributed by atoms with Crippen LogP contribution in [-0.2, 0) is 15.7 Å². The molecule has 1 N–H and O–H groups in total. The standard InChI is InChI=1S/C25H19F6N3O6/c26-24(27,28)16-3-1-2-14(10-16)18-4-5-19-21(33-18)34(8-9-38-19)22(36)15-6-7-32-20(11-15)39-12-17(35)13-40-23(37)25(29,30)31/h1-7,10-11,17,35H,8-9,12-13H2. The summed E-state index contributed by atoms with van der Waals surface area (Å²) in [5.41, 5.74) is -0.453. The predicted octanol–water partition coefficient (Wildman–Crippen LogP) is 4.05. The number of anilines is 1. The van der Waals surface area contributed by atoms with Crippen molar-refractivity contribution >= 4 is 17.7 Å². The summed E-state index contributed by atoms with van der Waals surface area (Å²) in [6.45, 7) is -1.41. The summed E-state index contributed by atoms with van der Waals surface area (Å²) in [6, 6.07) is 10.1.